The van der Waals surface area contributed by atoms with E-state index in [0.717, 1.165) is 17.3 Å². The molecule has 3 heterocycles. The number of pyridine rings is 1. The van der Waals surface area contributed by atoms with Crippen molar-refractivity contribution in [2.75, 3.05) is 36.0 Å². The Morgan fingerprint density at radius 2 is 1.68 bits per heavy atom. The summed E-state index contributed by atoms with van der Waals surface area (Å²) in [6.45, 7) is 2.61. The average molecular weight is 599 g/mol. The van der Waals surface area contributed by atoms with Crippen molar-refractivity contribution < 1.29 is 18.0 Å². The van der Waals surface area contributed by atoms with Gasteiger partial charge in [0.05, 0.1) is 17.8 Å². The van der Waals surface area contributed by atoms with Crippen LogP contribution >= 0.6 is 23.4 Å². The van der Waals surface area contributed by atoms with Crippen molar-refractivity contribution >= 4 is 40.8 Å². The second-order valence-corrected chi connectivity index (χ2v) is 10.7. The van der Waals surface area contributed by atoms with E-state index in [2.05, 4.69) is 25.2 Å². The minimum atomic E-state index is -4.37. The number of nitrogens with one attached hydrogen (secondary N) is 1. The van der Waals surface area contributed by atoms with Gasteiger partial charge in [-0.3, -0.25) is 9.78 Å². The van der Waals surface area contributed by atoms with Gasteiger partial charge in [-0.1, -0.05) is 47.6 Å². The van der Waals surface area contributed by atoms with E-state index in [1.165, 1.54) is 23.9 Å². The third-order valence-electron chi connectivity index (χ3n) is 6.54. The molecule has 1 fully saturated rings. The van der Waals surface area contributed by atoms with E-state index in [1.807, 2.05) is 35.2 Å². The van der Waals surface area contributed by atoms with Crippen molar-refractivity contribution in [3.05, 3.63) is 107 Å². The molecule has 0 unspecified atom stereocenters. The molecule has 1 saturated heterocycles. The number of benzene rings is 2. The number of nitrogens with zero attached hydrogens (tertiary/aromatic N) is 5. The number of halogens is 4. The van der Waals surface area contributed by atoms with Gasteiger partial charge in [0.15, 0.2) is 5.16 Å². The van der Waals surface area contributed by atoms with Crippen molar-refractivity contribution in [1.29, 1.82) is 0 Å². The number of carbonyl (C=O) groups excluding carboxylic acids is 1. The van der Waals surface area contributed by atoms with Crippen LogP contribution in [0.4, 0.5) is 24.7 Å². The molecule has 1 amide bonds. The number of amides is 1. The number of rotatable bonds is 8. The zero-order valence-electron chi connectivity index (χ0n) is 21.8. The Bertz CT molecular complexity index is 1480. The van der Waals surface area contributed by atoms with Crippen LogP contribution in [-0.4, -0.2) is 47.0 Å². The highest BCUT2D eigenvalue weighted by atomic mass is 35.5. The molecular formula is C29H26ClF3N6OS. The monoisotopic (exact) mass is 598 g/mol. The number of hydrogen-bond donors (Lipinski definition) is 1. The second kappa shape index (κ2) is 12.8. The van der Waals surface area contributed by atoms with Gasteiger partial charge >= 0.3 is 6.18 Å². The van der Waals surface area contributed by atoms with Gasteiger partial charge in [-0.2, -0.15) is 13.2 Å². The molecule has 2 aromatic heterocycles. The molecule has 0 aliphatic carbocycles. The molecule has 2 aromatic carbocycles. The molecule has 0 atom stereocenters. The summed E-state index contributed by atoms with van der Waals surface area (Å²) in [6.07, 6.45) is -2.69. The summed E-state index contributed by atoms with van der Waals surface area (Å²) in [7, 11) is 0. The molecule has 0 spiro atoms. The van der Waals surface area contributed by atoms with E-state index in [1.54, 1.807) is 30.5 Å². The fourth-order valence-corrected chi connectivity index (χ4v) is 5.40. The molecule has 7 nitrogen and oxygen atoms in total. The van der Waals surface area contributed by atoms with Gasteiger partial charge in [0.25, 0.3) is 5.91 Å². The van der Waals surface area contributed by atoms with Gasteiger partial charge in [-0.05, 0) is 48.0 Å². The lowest BCUT2D eigenvalue weighted by molar-refractivity contribution is -0.137. The van der Waals surface area contributed by atoms with Crippen LogP contribution in [0.1, 0.15) is 27.2 Å². The highest BCUT2D eigenvalue weighted by Gasteiger charge is 2.31. The molecule has 4 aromatic rings. The number of aromatic nitrogens is 3. The first-order chi connectivity index (χ1) is 19.7. The van der Waals surface area contributed by atoms with Crippen LogP contribution in [0.15, 0.2) is 84.1 Å². The molecule has 212 valence electrons. The predicted molar refractivity (Wildman–Crippen MR) is 154 cm³/mol. The lowest BCUT2D eigenvalue weighted by Gasteiger charge is -2.37. The van der Waals surface area contributed by atoms with Gasteiger partial charge < -0.3 is 15.1 Å². The van der Waals surface area contributed by atoms with Gasteiger partial charge in [0.2, 0.25) is 0 Å². The van der Waals surface area contributed by atoms with Crippen LogP contribution in [0.3, 0.4) is 0 Å². The van der Waals surface area contributed by atoms with Gasteiger partial charge in [-0.15, -0.1) is 0 Å². The Hall–Kier alpha value is -3.83. The van der Waals surface area contributed by atoms with Gasteiger partial charge in [0.1, 0.15) is 11.0 Å². The minimum Gasteiger partial charge on any atom is -0.368 e. The van der Waals surface area contributed by atoms with E-state index < -0.39 is 11.7 Å². The first-order valence-electron chi connectivity index (χ1n) is 12.9. The van der Waals surface area contributed by atoms with E-state index in [0.29, 0.717) is 65.9 Å². The van der Waals surface area contributed by atoms with Gasteiger partial charge in [0, 0.05) is 55.4 Å². The zero-order chi connectivity index (χ0) is 28.8. The smallest absolute Gasteiger partial charge is 0.368 e. The molecule has 1 N–H and O–H groups in total. The maximum atomic E-state index is 13.1. The summed E-state index contributed by atoms with van der Waals surface area (Å²) in [4.78, 5) is 29.7. The summed E-state index contributed by atoms with van der Waals surface area (Å²) >= 11 is 7.74. The van der Waals surface area contributed by atoms with Crippen molar-refractivity contribution in [3.63, 3.8) is 0 Å². The van der Waals surface area contributed by atoms with E-state index in [4.69, 9.17) is 11.6 Å². The van der Waals surface area contributed by atoms with E-state index in [9.17, 15) is 18.0 Å². The van der Waals surface area contributed by atoms with Crippen molar-refractivity contribution in [2.24, 2.45) is 0 Å². The van der Waals surface area contributed by atoms with E-state index >= 15 is 0 Å². The van der Waals surface area contributed by atoms with Crippen LogP contribution in [0.25, 0.3) is 0 Å². The van der Waals surface area contributed by atoms with Crippen LogP contribution in [0.5, 0.6) is 0 Å². The third kappa shape index (κ3) is 7.68. The molecule has 41 heavy (non-hydrogen) atoms. The standard InChI is InChI=1S/C29H26ClF3N6OS/c30-25-17-26(39-14-12-38(13-15-39)24-6-3-4-22(16-24)29(31,32)33)37-28(36-25)41-19-20-7-9-21(10-8-20)27(40)35-18-23-5-1-2-11-34-23/h1-11,16-17H,12-15,18-19H2,(H,35,40). The average Bonchev–Trinajstić information content (AvgIpc) is 2.99. The Morgan fingerprint density at radius 1 is 0.927 bits per heavy atom. The Morgan fingerprint density at radius 3 is 2.39 bits per heavy atom. The summed E-state index contributed by atoms with van der Waals surface area (Å²) in [5.41, 5.74) is 2.23. The topological polar surface area (TPSA) is 74.2 Å². The van der Waals surface area contributed by atoms with Gasteiger partial charge in [-0.25, -0.2) is 9.97 Å². The molecule has 1 aliphatic rings. The molecule has 1 aliphatic heterocycles. The largest absolute Gasteiger partial charge is 0.416 e. The maximum absolute atomic E-state index is 13.1. The van der Waals surface area contributed by atoms with Crippen molar-refractivity contribution in [3.8, 4) is 0 Å². The fraction of sp³-hybridized carbons (Fsp3) is 0.241. The van der Waals surface area contributed by atoms with Crippen LogP contribution in [0.2, 0.25) is 5.15 Å². The maximum Gasteiger partial charge on any atom is 0.416 e. The molecule has 0 saturated carbocycles. The highest BCUT2D eigenvalue weighted by molar-refractivity contribution is 7.98. The first-order valence-corrected chi connectivity index (χ1v) is 14.2. The van der Waals surface area contributed by atoms with E-state index in [-0.39, 0.29) is 5.91 Å². The number of thioether (sulfide) groups is 1. The lowest BCUT2D eigenvalue weighted by atomic mass is 10.1. The lowest BCUT2D eigenvalue weighted by Crippen LogP contribution is -2.47. The minimum absolute atomic E-state index is 0.175. The quantitative estimate of drug-likeness (QED) is 0.149. The van der Waals surface area contributed by atoms with Crippen LogP contribution < -0.4 is 15.1 Å². The number of piperazine rings is 1. The van der Waals surface area contributed by atoms with Crippen molar-refractivity contribution in [1.82, 2.24) is 20.3 Å². The Kier molecular flexibility index (Phi) is 8.94. The summed E-state index contributed by atoms with van der Waals surface area (Å²) in [5, 5.41) is 3.70. The predicted octanol–water partition coefficient (Wildman–Crippen LogP) is 6.09. The first kappa shape index (κ1) is 28.7. The molecule has 0 bridgehead atoms. The molecule has 12 heteroatoms. The fourth-order valence-electron chi connectivity index (χ4n) is 4.36. The third-order valence-corrected chi connectivity index (χ3v) is 7.66. The summed E-state index contributed by atoms with van der Waals surface area (Å²) in [5.74, 6) is 1.08. The number of carbonyl (C=O) groups is 1. The number of hydrogen-bond acceptors (Lipinski definition) is 7. The molecule has 5 rings (SSSR count). The Balaban J connectivity index is 1.15. The molecule has 0 radical (unpaired) electrons. The SMILES string of the molecule is O=C(NCc1ccccn1)c1ccc(CSc2nc(Cl)cc(N3CCN(c4cccc(C(F)(F)F)c4)CC3)n2)cc1. The second-order valence-electron chi connectivity index (χ2n) is 9.34. The number of alkyl halides is 3. The van der Waals surface area contributed by atoms with Crippen LogP contribution in [-0.2, 0) is 18.5 Å². The normalized spacial score (nSPS) is 13.8. The number of anilines is 2. The summed E-state index contributed by atoms with van der Waals surface area (Å²) < 4.78 is 39.4. The van der Waals surface area contributed by atoms with Crippen molar-refractivity contribution in [2.45, 2.75) is 23.6 Å². The molecular weight excluding hydrogens is 573 g/mol. The zero-order valence-corrected chi connectivity index (χ0v) is 23.4. The van der Waals surface area contributed by atoms with Crippen LogP contribution in [0, 0.1) is 0 Å². The summed E-state index contributed by atoms with van der Waals surface area (Å²) in [6, 6.07) is 20.0. The highest BCUT2D eigenvalue weighted by Crippen LogP contribution is 2.32. The Labute approximate surface area is 244 Å².